The summed E-state index contributed by atoms with van der Waals surface area (Å²) in [6, 6.07) is 4.24. The highest BCUT2D eigenvalue weighted by Gasteiger charge is 2.30. The number of hydrogen-bond acceptors (Lipinski definition) is 3. The van der Waals surface area contributed by atoms with Gasteiger partial charge >= 0.3 is 0 Å². The van der Waals surface area contributed by atoms with E-state index in [0.717, 1.165) is 11.3 Å². The second-order valence-electron chi connectivity index (χ2n) is 5.22. The summed E-state index contributed by atoms with van der Waals surface area (Å²) in [5.41, 5.74) is -0.693. The zero-order valence-corrected chi connectivity index (χ0v) is 13.0. The van der Waals surface area contributed by atoms with Crippen molar-refractivity contribution in [2.75, 3.05) is 13.7 Å². The van der Waals surface area contributed by atoms with Gasteiger partial charge < -0.3 is 10.0 Å². The summed E-state index contributed by atoms with van der Waals surface area (Å²) in [5, 5.41) is 10.3. The number of aliphatic hydroxyl groups is 1. The van der Waals surface area contributed by atoms with Crippen LogP contribution in [0.2, 0.25) is 5.02 Å². The Morgan fingerprint density at radius 2 is 2.15 bits per heavy atom. The topological polar surface area (TPSA) is 40.5 Å². The fraction of sp³-hybridized carbons (Fsp3) is 0.357. The molecule has 0 radical (unpaired) electrons. The molecule has 3 nitrogen and oxygen atoms in total. The maximum atomic E-state index is 13.2. The van der Waals surface area contributed by atoms with Crippen molar-refractivity contribution in [1.29, 1.82) is 0 Å². The molecule has 2 rings (SSSR count). The lowest BCUT2D eigenvalue weighted by atomic mass is 10.1. The predicted octanol–water partition coefficient (Wildman–Crippen LogP) is 3.54. The van der Waals surface area contributed by atoms with Crippen LogP contribution in [-0.2, 0) is 0 Å². The molecule has 0 aliphatic carbocycles. The predicted molar refractivity (Wildman–Crippen MR) is 80.1 cm³/mol. The van der Waals surface area contributed by atoms with Crippen molar-refractivity contribution in [3.8, 4) is 0 Å². The molecule has 0 aliphatic heterocycles. The molecule has 0 fully saturated rings. The van der Waals surface area contributed by atoms with Crippen LogP contribution in [0.15, 0.2) is 18.2 Å². The third-order valence-corrected chi connectivity index (χ3v) is 5.03. The van der Waals surface area contributed by atoms with Gasteiger partial charge in [0.1, 0.15) is 10.7 Å². The third kappa shape index (κ3) is 2.53. The van der Waals surface area contributed by atoms with E-state index in [4.69, 9.17) is 11.6 Å². The zero-order chi connectivity index (χ0) is 15.1. The van der Waals surface area contributed by atoms with Crippen molar-refractivity contribution in [3.05, 3.63) is 33.9 Å². The Morgan fingerprint density at radius 1 is 1.50 bits per heavy atom. The van der Waals surface area contributed by atoms with E-state index in [1.807, 2.05) is 0 Å². The van der Waals surface area contributed by atoms with Crippen molar-refractivity contribution < 1.29 is 14.3 Å². The number of carbonyl (C=O) groups excluding carboxylic acids is 1. The van der Waals surface area contributed by atoms with Crippen LogP contribution in [0.25, 0.3) is 10.1 Å². The highest BCUT2D eigenvalue weighted by Crippen LogP contribution is 2.37. The maximum Gasteiger partial charge on any atom is 0.265 e. The van der Waals surface area contributed by atoms with Crippen LogP contribution in [0.1, 0.15) is 23.5 Å². The van der Waals surface area contributed by atoms with E-state index in [9.17, 15) is 14.3 Å². The first kappa shape index (κ1) is 15.2. The van der Waals surface area contributed by atoms with Crippen molar-refractivity contribution >= 4 is 38.9 Å². The van der Waals surface area contributed by atoms with E-state index in [2.05, 4.69) is 0 Å². The van der Waals surface area contributed by atoms with Crippen molar-refractivity contribution in [2.45, 2.75) is 19.4 Å². The number of rotatable bonds is 3. The SMILES string of the molecule is CN(C(=O)c1sc2cc(F)ccc2c1Cl)C(C)(C)CO. The Balaban J connectivity index is 2.48. The van der Waals surface area contributed by atoms with Crippen LogP contribution in [-0.4, -0.2) is 35.1 Å². The summed E-state index contributed by atoms with van der Waals surface area (Å²) in [4.78, 5) is 14.3. The van der Waals surface area contributed by atoms with Gasteiger partial charge in [0, 0.05) is 17.1 Å². The second kappa shape index (κ2) is 5.31. The van der Waals surface area contributed by atoms with Crippen LogP contribution in [0.3, 0.4) is 0 Å². The Hall–Kier alpha value is -1.17. The molecule has 6 heteroatoms. The van der Waals surface area contributed by atoms with Crippen LogP contribution >= 0.6 is 22.9 Å². The monoisotopic (exact) mass is 315 g/mol. The lowest BCUT2D eigenvalue weighted by Gasteiger charge is -2.33. The number of nitrogens with zero attached hydrogens (tertiary/aromatic N) is 1. The molecule has 2 aromatic rings. The molecule has 0 bridgehead atoms. The molecule has 0 saturated heterocycles. The molecule has 0 unspecified atom stereocenters. The van der Waals surface area contributed by atoms with E-state index < -0.39 is 5.54 Å². The molecule has 0 spiro atoms. The van der Waals surface area contributed by atoms with Crippen LogP contribution in [0, 0.1) is 5.82 Å². The van der Waals surface area contributed by atoms with E-state index in [1.54, 1.807) is 27.0 Å². The average molecular weight is 316 g/mol. The highest BCUT2D eigenvalue weighted by atomic mass is 35.5. The molecule has 20 heavy (non-hydrogen) atoms. The Bertz CT molecular complexity index is 668. The maximum absolute atomic E-state index is 13.2. The number of halogens is 2. The van der Waals surface area contributed by atoms with E-state index in [0.29, 0.717) is 20.0 Å². The molecule has 0 saturated carbocycles. The smallest absolute Gasteiger partial charge is 0.265 e. The van der Waals surface area contributed by atoms with E-state index in [1.165, 1.54) is 17.0 Å². The second-order valence-corrected chi connectivity index (χ2v) is 6.65. The van der Waals surface area contributed by atoms with Gasteiger partial charge in [-0.2, -0.15) is 0 Å². The van der Waals surface area contributed by atoms with E-state index >= 15 is 0 Å². The Labute approximate surface area is 125 Å². The largest absolute Gasteiger partial charge is 0.394 e. The van der Waals surface area contributed by atoms with Crippen LogP contribution < -0.4 is 0 Å². The molecule has 0 atom stereocenters. The number of aliphatic hydroxyl groups excluding tert-OH is 1. The summed E-state index contributed by atoms with van der Waals surface area (Å²) in [6.07, 6.45) is 0. The van der Waals surface area contributed by atoms with Gasteiger partial charge in [0.05, 0.1) is 17.2 Å². The molecule has 108 valence electrons. The molecule has 1 aromatic carbocycles. The van der Waals surface area contributed by atoms with Gasteiger partial charge in [-0.15, -0.1) is 11.3 Å². The first-order valence-electron chi connectivity index (χ1n) is 6.04. The molecule has 1 aromatic heterocycles. The minimum absolute atomic E-state index is 0.160. The standard InChI is InChI=1S/C14H15ClFNO2S/c1-14(2,7-18)17(3)13(19)12-11(15)9-5-4-8(16)6-10(9)20-12/h4-6,18H,7H2,1-3H3. The lowest BCUT2D eigenvalue weighted by molar-refractivity contribution is 0.0478. The summed E-state index contributed by atoms with van der Waals surface area (Å²) >= 11 is 7.38. The van der Waals surface area contributed by atoms with E-state index in [-0.39, 0.29) is 18.3 Å². The molecule has 1 amide bonds. The van der Waals surface area contributed by atoms with Crippen molar-refractivity contribution in [1.82, 2.24) is 4.90 Å². The highest BCUT2D eigenvalue weighted by molar-refractivity contribution is 7.21. The average Bonchev–Trinajstić information content (AvgIpc) is 2.73. The summed E-state index contributed by atoms with van der Waals surface area (Å²) in [6.45, 7) is 3.35. The normalized spacial score (nSPS) is 11.9. The Kier molecular flexibility index (Phi) is 4.04. The quantitative estimate of drug-likeness (QED) is 0.941. The van der Waals surface area contributed by atoms with Crippen molar-refractivity contribution in [2.24, 2.45) is 0 Å². The minimum Gasteiger partial charge on any atom is -0.394 e. The zero-order valence-electron chi connectivity index (χ0n) is 11.4. The molecule has 1 N–H and O–H groups in total. The molecular formula is C14H15ClFNO2S. The summed E-state index contributed by atoms with van der Waals surface area (Å²) in [5.74, 6) is -0.644. The number of benzene rings is 1. The van der Waals surface area contributed by atoms with Gasteiger partial charge in [-0.3, -0.25) is 4.79 Å². The number of thiophene rings is 1. The van der Waals surface area contributed by atoms with Gasteiger partial charge in [0.2, 0.25) is 0 Å². The lowest BCUT2D eigenvalue weighted by Crippen LogP contribution is -2.47. The van der Waals surface area contributed by atoms with Gasteiger partial charge in [-0.05, 0) is 32.0 Å². The fourth-order valence-corrected chi connectivity index (χ4v) is 3.22. The van der Waals surface area contributed by atoms with Gasteiger partial charge in [0.15, 0.2) is 0 Å². The Morgan fingerprint density at radius 3 is 2.75 bits per heavy atom. The summed E-state index contributed by atoms with van der Waals surface area (Å²) in [7, 11) is 1.61. The van der Waals surface area contributed by atoms with Crippen molar-refractivity contribution in [3.63, 3.8) is 0 Å². The van der Waals surface area contributed by atoms with Crippen LogP contribution in [0.5, 0.6) is 0 Å². The third-order valence-electron chi connectivity index (χ3n) is 3.39. The number of fused-ring (bicyclic) bond motifs is 1. The minimum atomic E-state index is -0.693. The number of hydrogen-bond donors (Lipinski definition) is 1. The number of amides is 1. The first-order chi connectivity index (χ1) is 9.27. The van der Waals surface area contributed by atoms with Gasteiger partial charge in [-0.1, -0.05) is 11.6 Å². The first-order valence-corrected chi connectivity index (χ1v) is 7.24. The number of carbonyl (C=O) groups is 1. The van der Waals surface area contributed by atoms with Gasteiger partial charge in [0.25, 0.3) is 5.91 Å². The van der Waals surface area contributed by atoms with Crippen LogP contribution in [0.4, 0.5) is 4.39 Å². The fourth-order valence-electron chi connectivity index (χ4n) is 1.71. The van der Waals surface area contributed by atoms with Gasteiger partial charge in [-0.25, -0.2) is 4.39 Å². The molecular weight excluding hydrogens is 301 g/mol. The molecule has 1 heterocycles. The summed E-state index contributed by atoms with van der Waals surface area (Å²) < 4.78 is 13.8. The number of likely N-dealkylation sites (N-methyl/N-ethyl adjacent to an activating group) is 1. The molecule has 0 aliphatic rings.